The number of phenols is 1. The highest BCUT2D eigenvalue weighted by atomic mass is 16.3. The molecule has 122 valence electrons. The molecule has 5 heteroatoms. The first-order chi connectivity index (χ1) is 10.5. The molecule has 3 N–H and O–H groups in total. The molecule has 0 radical (unpaired) electrons. The van der Waals surface area contributed by atoms with Crippen LogP contribution in [0.3, 0.4) is 0 Å². The number of nitrogens with zero attached hydrogens (tertiary/aromatic N) is 1. The van der Waals surface area contributed by atoms with Crippen LogP contribution >= 0.6 is 0 Å². The molecule has 1 aliphatic rings. The summed E-state index contributed by atoms with van der Waals surface area (Å²) in [4.78, 5) is 14.3. The standard InChI is InChI=1S/C17H26N2O3/c1-12(2)18-17(22)19(14-6-8-15(20)9-7-14)11-13-4-3-5-16(21)10-13/h3-5,10,12,14-15,20-21H,6-9,11H2,1-2H3,(H,18,22). The highest BCUT2D eigenvalue weighted by Gasteiger charge is 2.28. The first-order valence-corrected chi connectivity index (χ1v) is 7.99. The monoisotopic (exact) mass is 306 g/mol. The second-order valence-corrected chi connectivity index (χ2v) is 6.36. The number of phenolic OH excluding ortho intramolecular Hbond substituents is 1. The van der Waals surface area contributed by atoms with E-state index in [9.17, 15) is 15.0 Å². The van der Waals surface area contributed by atoms with Gasteiger partial charge in [-0.05, 0) is 57.2 Å². The molecular formula is C17H26N2O3. The van der Waals surface area contributed by atoms with Crippen molar-refractivity contribution in [1.29, 1.82) is 0 Å². The molecule has 2 amide bonds. The number of aromatic hydroxyl groups is 1. The van der Waals surface area contributed by atoms with Crippen molar-refractivity contribution in [3.63, 3.8) is 0 Å². The topological polar surface area (TPSA) is 72.8 Å². The molecule has 1 fully saturated rings. The Hall–Kier alpha value is -1.75. The third-order valence-corrected chi connectivity index (χ3v) is 4.04. The van der Waals surface area contributed by atoms with Crippen molar-refractivity contribution < 1.29 is 15.0 Å². The van der Waals surface area contributed by atoms with Gasteiger partial charge in [0, 0.05) is 18.6 Å². The average Bonchev–Trinajstić information content (AvgIpc) is 2.45. The molecule has 1 saturated carbocycles. The van der Waals surface area contributed by atoms with Crippen LogP contribution in [0.2, 0.25) is 0 Å². The average molecular weight is 306 g/mol. The maximum Gasteiger partial charge on any atom is 0.318 e. The van der Waals surface area contributed by atoms with E-state index in [-0.39, 0.29) is 30.0 Å². The largest absolute Gasteiger partial charge is 0.508 e. The van der Waals surface area contributed by atoms with E-state index in [2.05, 4.69) is 5.32 Å². The lowest BCUT2D eigenvalue weighted by Crippen LogP contribution is -2.49. The molecule has 0 unspecified atom stereocenters. The van der Waals surface area contributed by atoms with E-state index in [1.54, 1.807) is 18.2 Å². The maximum atomic E-state index is 12.5. The number of aliphatic hydroxyl groups is 1. The molecule has 1 aliphatic carbocycles. The van der Waals surface area contributed by atoms with E-state index in [4.69, 9.17) is 0 Å². The molecule has 22 heavy (non-hydrogen) atoms. The fraction of sp³-hybridized carbons (Fsp3) is 0.588. The molecule has 0 spiro atoms. The molecule has 0 atom stereocenters. The summed E-state index contributed by atoms with van der Waals surface area (Å²) in [5, 5.41) is 22.2. The molecule has 0 aromatic heterocycles. The van der Waals surface area contributed by atoms with Crippen molar-refractivity contribution in [2.24, 2.45) is 0 Å². The summed E-state index contributed by atoms with van der Waals surface area (Å²) in [5.41, 5.74) is 0.907. The first kappa shape index (κ1) is 16.6. The number of aliphatic hydroxyl groups excluding tert-OH is 1. The van der Waals surface area contributed by atoms with Gasteiger partial charge in [0.25, 0.3) is 0 Å². The molecule has 0 bridgehead atoms. The highest BCUT2D eigenvalue weighted by molar-refractivity contribution is 5.74. The van der Waals surface area contributed by atoms with Gasteiger partial charge in [0.2, 0.25) is 0 Å². The Morgan fingerprint density at radius 2 is 2.00 bits per heavy atom. The number of urea groups is 1. The van der Waals surface area contributed by atoms with Crippen molar-refractivity contribution in [3.8, 4) is 5.75 Å². The van der Waals surface area contributed by atoms with Crippen LogP contribution < -0.4 is 5.32 Å². The predicted molar refractivity (Wildman–Crippen MR) is 85.6 cm³/mol. The van der Waals surface area contributed by atoms with Crippen molar-refractivity contribution in [2.75, 3.05) is 0 Å². The van der Waals surface area contributed by atoms with E-state index < -0.39 is 0 Å². The van der Waals surface area contributed by atoms with Crippen LogP contribution in [0.15, 0.2) is 24.3 Å². The van der Waals surface area contributed by atoms with Gasteiger partial charge in [-0.25, -0.2) is 4.79 Å². The number of amides is 2. The van der Waals surface area contributed by atoms with Crippen molar-refractivity contribution in [1.82, 2.24) is 10.2 Å². The lowest BCUT2D eigenvalue weighted by Gasteiger charge is -2.36. The Kier molecular flexibility index (Phi) is 5.66. The summed E-state index contributed by atoms with van der Waals surface area (Å²) >= 11 is 0. The summed E-state index contributed by atoms with van der Waals surface area (Å²) in [7, 11) is 0. The van der Waals surface area contributed by atoms with Gasteiger partial charge in [0.15, 0.2) is 0 Å². The van der Waals surface area contributed by atoms with Gasteiger partial charge in [-0.1, -0.05) is 12.1 Å². The fourth-order valence-corrected chi connectivity index (χ4v) is 2.92. The van der Waals surface area contributed by atoms with Crippen LogP contribution in [0.1, 0.15) is 45.1 Å². The first-order valence-electron chi connectivity index (χ1n) is 7.99. The summed E-state index contributed by atoms with van der Waals surface area (Å²) < 4.78 is 0. The van der Waals surface area contributed by atoms with E-state index in [1.165, 1.54) is 0 Å². The van der Waals surface area contributed by atoms with Crippen LogP contribution in [-0.2, 0) is 6.54 Å². The van der Waals surface area contributed by atoms with E-state index in [0.717, 1.165) is 31.2 Å². The molecule has 0 aliphatic heterocycles. The molecule has 0 heterocycles. The Morgan fingerprint density at radius 1 is 1.32 bits per heavy atom. The number of nitrogens with one attached hydrogen (secondary N) is 1. The van der Waals surface area contributed by atoms with Crippen molar-refractivity contribution in [3.05, 3.63) is 29.8 Å². The highest BCUT2D eigenvalue weighted by Crippen LogP contribution is 2.25. The molecule has 5 nitrogen and oxygen atoms in total. The van der Waals surface area contributed by atoms with Gasteiger partial charge >= 0.3 is 6.03 Å². The Balaban J connectivity index is 2.12. The van der Waals surface area contributed by atoms with Crippen LogP contribution in [0, 0.1) is 0 Å². The molecule has 0 saturated heterocycles. The van der Waals surface area contributed by atoms with Gasteiger partial charge in [0.05, 0.1) is 6.10 Å². The van der Waals surface area contributed by atoms with E-state index in [0.29, 0.717) is 6.54 Å². The third kappa shape index (κ3) is 4.63. The van der Waals surface area contributed by atoms with Crippen LogP contribution in [0.5, 0.6) is 5.75 Å². The summed E-state index contributed by atoms with van der Waals surface area (Å²) in [6.45, 7) is 4.35. The predicted octanol–water partition coefficient (Wildman–Crippen LogP) is 2.62. The number of benzene rings is 1. The van der Waals surface area contributed by atoms with Crippen molar-refractivity contribution >= 4 is 6.03 Å². The number of carbonyl (C=O) groups excluding carboxylic acids is 1. The fourth-order valence-electron chi connectivity index (χ4n) is 2.92. The SMILES string of the molecule is CC(C)NC(=O)N(Cc1cccc(O)c1)C1CCC(O)CC1. The molecular weight excluding hydrogens is 280 g/mol. The zero-order chi connectivity index (χ0) is 16.1. The zero-order valence-corrected chi connectivity index (χ0v) is 13.3. The Bertz CT molecular complexity index is 496. The number of hydrogen-bond donors (Lipinski definition) is 3. The summed E-state index contributed by atoms with van der Waals surface area (Å²) in [6, 6.07) is 7.13. The summed E-state index contributed by atoms with van der Waals surface area (Å²) in [5.74, 6) is 0.209. The molecule has 2 rings (SSSR count). The second kappa shape index (κ2) is 7.49. The lowest BCUT2D eigenvalue weighted by molar-refractivity contribution is 0.0813. The van der Waals surface area contributed by atoms with Gasteiger partial charge in [-0.15, -0.1) is 0 Å². The normalized spacial score (nSPS) is 21.6. The van der Waals surface area contributed by atoms with Gasteiger partial charge < -0.3 is 20.4 Å². The van der Waals surface area contributed by atoms with Gasteiger partial charge in [-0.3, -0.25) is 0 Å². The number of carbonyl (C=O) groups is 1. The Morgan fingerprint density at radius 3 is 2.59 bits per heavy atom. The van der Waals surface area contributed by atoms with Crippen LogP contribution in [-0.4, -0.2) is 39.3 Å². The van der Waals surface area contributed by atoms with E-state index in [1.807, 2.05) is 24.8 Å². The third-order valence-electron chi connectivity index (χ3n) is 4.04. The zero-order valence-electron chi connectivity index (χ0n) is 13.3. The molecule has 1 aromatic carbocycles. The smallest absolute Gasteiger partial charge is 0.318 e. The summed E-state index contributed by atoms with van der Waals surface area (Å²) in [6.07, 6.45) is 2.84. The van der Waals surface area contributed by atoms with Crippen molar-refractivity contribution in [2.45, 2.75) is 64.3 Å². The minimum Gasteiger partial charge on any atom is -0.508 e. The van der Waals surface area contributed by atoms with Gasteiger partial charge in [-0.2, -0.15) is 0 Å². The minimum absolute atomic E-state index is 0.0772. The minimum atomic E-state index is -0.243. The number of hydrogen-bond acceptors (Lipinski definition) is 3. The second-order valence-electron chi connectivity index (χ2n) is 6.36. The lowest BCUT2D eigenvalue weighted by atomic mass is 9.92. The van der Waals surface area contributed by atoms with Crippen LogP contribution in [0.4, 0.5) is 4.79 Å². The Labute approximate surface area is 131 Å². The quantitative estimate of drug-likeness (QED) is 0.800. The van der Waals surface area contributed by atoms with E-state index >= 15 is 0 Å². The maximum absolute atomic E-state index is 12.5. The molecule has 1 aromatic rings. The van der Waals surface area contributed by atoms with Crippen LogP contribution in [0.25, 0.3) is 0 Å². The number of rotatable bonds is 4. The van der Waals surface area contributed by atoms with Gasteiger partial charge in [0.1, 0.15) is 5.75 Å².